The van der Waals surface area contributed by atoms with E-state index in [0.29, 0.717) is 11.9 Å². The van der Waals surface area contributed by atoms with Crippen LogP contribution in [0.2, 0.25) is 0 Å². The van der Waals surface area contributed by atoms with Crippen LogP contribution in [-0.2, 0) is 9.59 Å². The Bertz CT molecular complexity index is 309. The van der Waals surface area contributed by atoms with Crippen LogP contribution in [0.25, 0.3) is 5.57 Å². The summed E-state index contributed by atoms with van der Waals surface area (Å²) in [7, 11) is 0. The first kappa shape index (κ1) is 8.87. The molecule has 0 aromatic carbocycles. The number of thiophene rings is 1. The van der Waals surface area contributed by atoms with Crippen molar-refractivity contribution in [3.63, 3.8) is 0 Å². The summed E-state index contributed by atoms with van der Waals surface area (Å²) >= 11 is 1.45. The highest BCUT2D eigenvalue weighted by atomic mass is 32.1. The summed E-state index contributed by atoms with van der Waals surface area (Å²) in [5, 5.41) is 1.87. The zero-order valence-corrected chi connectivity index (χ0v) is 7.43. The molecular weight excluding hydrogens is 172 g/mol. The van der Waals surface area contributed by atoms with Crippen LogP contribution < -0.4 is 0 Å². The standard InChI is InChI=1S/C9H8O2S/c1-7(11)8(4-5-10)9-3-2-6-12-9/h2-6H,1H3. The van der Waals surface area contributed by atoms with E-state index < -0.39 is 0 Å². The van der Waals surface area contributed by atoms with E-state index in [2.05, 4.69) is 0 Å². The Morgan fingerprint density at radius 2 is 2.33 bits per heavy atom. The molecule has 1 rings (SSSR count). The molecule has 0 bridgehead atoms. The van der Waals surface area contributed by atoms with Gasteiger partial charge in [-0.1, -0.05) is 6.07 Å². The van der Waals surface area contributed by atoms with Crippen molar-refractivity contribution in [3.8, 4) is 0 Å². The molecule has 0 aliphatic rings. The van der Waals surface area contributed by atoms with Crippen LogP contribution >= 0.6 is 11.3 Å². The zero-order chi connectivity index (χ0) is 8.97. The predicted octanol–water partition coefficient (Wildman–Crippen LogP) is 1.92. The molecule has 0 saturated carbocycles. The second kappa shape index (κ2) is 3.97. The van der Waals surface area contributed by atoms with E-state index >= 15 is 0 Å². The summed E-state index contributed by atoms with van der Waals surface area (Å²) in [6.07, 6.45) is 1.94. The minimum atomic E-state index is -0.0791. The van der Waals surface area contributed by atoms with Crippen LogP contribution in [-0.4, -0.2) is 12.1 Å². The van der Waals surface area contributed by atoms with Crippen molar-refractivity contribution in [2.45, 2.75) is 6.92 Å². The Labute approximate surface area is 74.5 Å². The smallest absolute Gasteiger partial charge is 0.161 e. The highest BCUT2D eigenvalue weighted by Crippen LogP contribution is 2.20. The third-order valence-corrected chi connectivity index (χ3v) is 2.30. The fourth-order valence-corrected chi connectivity index (χ4v) is 1.67. The molecule has 0 amide bonds. The third-order valence-electron chi connectivity index (χ3n) is 1.40. The van der Waals surface area contributed by atoms with Gasteiger partial charge in [-0.25, -0.2) is 0 Å². The summed E-state index contributed by atoms with van der Waals surface area (Å²) < 4.78 is 0. The Morgan fingerprint density at radius 1 is 1.58 bits per heavy atom. The van der Waals surface area contributed by atoms with Crippen LogP contribution in [0.3, 0.4) is 0 Å². The Hall–Kier alpha value is -1.22. The number of allylic oxidation sites excluding steroid dienone is 2. The van der Waals surface area contributed by atoms with E-state index in [0.717, 1.165) is 4.88 Å². The summed E-state index contributed by atoms with van der Waals surface area (Å²) in [5.74, 6) is -0.0791. The maximum atomic E-state index is 11.0. The molecule has 0 saturated heterocycles. The maximum absolute atomic E-state index is 11.0. The molecular formula is C9H8O2S. The molecule has 12 heavy (non-hydrogen) atoms. The summed E-state index contributed by atoms with van der Waals surface area (Å²) in [6, 6.07) is 3.67. The largest absolute Gasteiger partial charge is 0.299 e. The van der Waals surface area contributed by atoms with Gasteiger partial charge in [0.2, 0.25) is 0 Å². The monoisotopic (exact) mass is 180 g/mol. The van der Waals surface area contributed by atoms with Gasteiger partial charge in [0.1, 0.15) is 6.29 Å². The van der Waals surface area contributed by atoms with Crippen LogP contribution in [0.15, 0.2) is 23.6 Å². The molecule has 0 spiro atoms. The maximum Gasteiger partial charge on any atom is 0.161 e. The van der Waals surface area contributed by atoms with Gasteiger partial charge < -0.3 is 0 Å². The SMILES string of the molecule is CC(=O)C(=CC=O)c1cccs1. The minimum Gasteiger partial charge on any atom is -0.299 e. The first-order chi connectivity index (χ1) is 5.75. The van der Waals surface area contributed by atoms with E-state index in [9.17, 15) is 9.59 Å². The Balaban J connectivity index is 3.04. The quantitative estimate of drug-likeness (QED) is 0.526. The van der Waals surface area contributed by atoms with E-state index in [4.69, 9.17) is 0 Å². The van der Waals surface area contributed by atoms with E-state index in [1.807, 2.05) is 17.5 Å². The number of aldehydes is 1. The highest BCUT2D eigenvalue weighted by Gasteiger charge is 2.06. The van der Waals surface area contributed by atoms with Gasteiger partial charge in [0.15, 0.2) is 5.78 Å². The molecule has 1 aromatic heterocycles. The van der Waals surface area contributed by atoms with Gasteiger partial charge in [-0.05, 0) is 24.4 Å². The molecule has 62 valence electrons. The van der Waals surface area contributed by atoms with Crippen LogP contribution in [0.1, 0.15) is 11.8 Å². The normalized spacial score (nSPS) is 11.2. The number of carbonyl (C=O) groups is 2. The molecule has 0 atom stereocenters. The average Bonchev–Trinajstić information content (AvgIpc) is 2.51. The predicted molar refractivity (Wildman–Crippen MR) is 49.0 cm³/mol. The lowest BCUT2D eigenvalue weighted by atomic mass is 10.1. The van der Waals surface area contributed by atoms with Gasteiger partial charge in [0, 0.05) is 10.5 Å². The van der Waals surface area contributed by atoms with Gasteiger partial charge in [-0.3, -0.25) is 9.59 Å². The van der Waals surface area contributed by atoms with E-state index in [1.165, 1.54) is 24.3 Å². The molecule has 0 radical (unpaired) electrons. The van der Waals surface area contributed by atoms with Crippen molar-refractivity contribution < 1.29 is 9.59 Å². The molecule has 0 fully saturated rings. The minimum absolute atomic E-state index is 0.0791. The first-order valence-corrected chi connectivity index (χ1v) is 4.34. The van der Waals surface area contributed by atoms with Gasteiger partial charge >= 0.3 is 0 Å². The van der Waals surface area contributed by atoms with Gasteiger partial charge in [0.05, 0.1) is 0 Å². The number of hydrogen-bond acceptors (Lipinski definition) is 3. The number of Topliss-reactive ketones (excluding diaryl/α,β-unsaturated/α-hetero) is 1. The third kappa shape index (κ3) is 1.89. The highest BCUT2D eigenvalue weighted by molar-refractivity contribution is 7.11. The molecule has 0 aliphatic carbocycles. The lowest BCUT2D eigenvalue weighted by molar-refractivity contribution is -0.112. The fraction of sp³-hybridized carbons (Fsp3) is 0.111. The van der Waals surface area contributed by atoms with Gasteiger partial charge in [0.25, 0.3) is 0 Å². The van der Waals surface area contributed by atoms with Gasteiger partial charge in [-0.15, -0.1) is 11.3 Å². The van der Waals surface area contributed by atoms with Crippen LogP contribution in [0, 0.1) is 0 Å². The summed E-state index contributed by atoms with van der Waals surface area (Å²) in [4.78, 5) is 22.0. The first-order valence-electron chi connectivity index (χ1n) is 3.46. The lowest BCUT2D eigenvalue weighted by Gasteiger charge is -1.95. The number of hydrogen-bond donors (Lipinski definition) is 0. The average molecular weight is 180 g/mol. The zero-order valence-electron chi connectivity index (χ0n) is 6.61. The summed E-state index contributed by atoms with van der Waals surface area (Å²) in [5.41, 5.74) is 0.486. The Morgan fingerprint density at radius 3 is 2.75 bits per heavy atom. The van der Waals surface area contributed by atoms with E-state index in [-0.39, 0.29) is 5.78 Å². The molecule has 0 aliphatic heterocycles. The van der Waals surface area contributed by atoms with Crippen LogP contribution in [0.4, 0.5) is 0 Å². The fourth-order valence-electron chi connectivity index (χ4n) is 0.873. The van der Waals surface area contributed by atoms with Gasteiger partial charge in [-0.2, -0.15) is 0 Å². The van der Waals surface area contributed by atoms with E-state index in [1.54, 1.807) is 0 Å². The van der Waals surface area contributed by atoms with Crippen molar-refractivity contribution in [2.75, 3.05) is 0 Å². The molecule has 1 heterocycles. The molecule has 2 nitrogen and oxygen atoms in total. The van der Waals surface area contributed by atoms with Crippen molar-refractivity contribution in [3.05, 3.63) is 28.5 Å². The number of carbonyl (C=O) groups excluding carboxylic acids is 2. The molecule has 0 unspecified atom stereocenters. The molecule has 1 aromatic rings. The van der Waals surface area contributed by atoms with Crippen molar-refractivity contribution in [1.29, 1.82) is 0 Å². The molecule has 0 N–H and O–H groups in total. The molecule has 3 heteroatoms. The second-order valence-electron chi connectivity index (χ2n) is 2.25. The number of rotatable bonds is 3. The van der Waals surface area contributed by atoms with Crippen LogP contribution in [0.5, 0.6) is 0 Å². The number of ketones is 1. The summed E-state index contributed by atoms with van der Waals surface area (Å²) in [6.45, 7) is 1.45. The van der Waals surface area contributed by atoms with Crippen molar-refractivity contribution in [2.24, 2.45) is 0 Å². The topological polar surface area (TPSA) is 34.1 Å². The van der Waals surface area contributed by atoms with Crippen molar-refractivity contribution >= 4 is 29.0 Å². The lowest BCUT2D eigenvalue weighted by Crippen LogP contribution is -1.93. The Kier molecular flexibility index (Phi) is 2.94. The second-order valence-corrected chi connectivity index (χ2v) is 3.20. The van der Waals surface area contributed by atoms with Crippen molar-refractivity contribution in [1.82, 2.24) is 0 Å².